The van der Waals surface area contributed by atoms with Crippen LogP contribution < -0.4 is 0 Å². The first-order valence-corrected chi connectivity index (χ1v) is 7.63. The van der Waals surface area contributed by atoms with Gasteiger partial charge in [-0.1, -0.05) is 66.7 Å². The zero-order valence-electron chi connectivity index (χ0n) is 11.7. The summed E-state index contributed by atoms with van der Waals surface area (Å²) in [5.41, 5.74) is 4.21. The van der Waals surface area contributed by atoms with Crippen molar-refractivity contribution in [1.29, 1.82) is 0 Å². The van der Waals surface area contributed by atoms with Crippen molar-refractivity contribution >= 4 is 10.8 Å². The van der Waals surface area contributed by atoms with Crippen LogP contribution >= 0.6 is 0 Å². The van der Waals surface area contributed by atoms with Gasteiger partial charge in [0.25, 0.3) is 0 Å². The number of benzene rings is 3. The van der Waals surface area contributed by atoms with Crippen LogP contribution in [-0.2, 0) is 4.74 Å². The fourth-order valence-electron chi connectivity index (χ4n) is 3.98. The minimum Gasteiger partial charge on any atom is -0.365 e. The van der Waals surface area contributed by atoms with Crippen molar-refractivity contribution in [3.63, 3.8) is 0 Å². The van der Waals surface area contributed by atoms with Gasteiger partial charge in [-0.15, -0.1) is 0 Å². The van der Waals surface area contributed by atoms with Gasteiger partial charge in [0.1, 0.15) is 0 Å². The van der Waals surface area contributed by atoms with E-state index in [0.29, 0.717) is 12.0 Å². The van der Waals surface area contributed by atoms with Crippen LogP contribution in [0.15, 0.2) is 66.7 Å². The standard InChI is InChI=1S/C20H16O/c1-2-6-14-11-15(10-9-13(14)5-1)18-12-19-16-7-3-4-8-17(16)20(18)21-19/h1-11,18-20H,12H2/t18-,19-,20-/m1/s1. The second-order valence-electron chi connectivity index (χ2n) is 6.12. The van der Waals surface area contributed by atoms with Crippen LogP contribution in [0.5, 0.6) is 0 Å². The monoisotopic (exact) mass is 272 g/mol. The molecule has 2 aliphatic heterocycles. The summed E-state index contributed by atoms with van der Waals surface area (Å²) in [6.45, 7) is 0. The third kappa shape index (κ3) is 1.61. The van der Waals surface area contributed by atoms with Crippen LogP contribution in [0.25, 0.3) is 10.8 Å². The van der Waals surface area contributed by atoms with Crippen LogP contribution in [-0.4, -0.2) is 0 Å². The normalized spacial score (nSPS) is 26.2. The molecule has 3 aromatic carbocycles. The van der Waals surface area contributed by atoms with E-state index in [0.717, 1.165) is 6.42 Å². The molecule has 2 heterocycles. The Balaban J connectivity index is 1.60. The Morgan fingerprint density at radius 1 is 0.762 bits per heavy atom. The van der Waals surface area contributed by atoms with Gasteiger partial charge >= 0.3 is 0 Å². The Bertz CT molecular complexity index is 836. The molecule has 1 heteroatoms. The Hall–Kier alpha value is -2.12. The lowest BCUT2D eigenvalue weighted by atomic mass is 9.80. The number of hydrogen-bond donors (Lipinski definition) is 0. The van der Waals surface area contributed by atoms with Crippen molar-refractivity contribution < 1.29 is 4.74 Å². The zero-order chi connectivity index (χ0) is 13.8. The summed E-state index contributed by atoms with van der Waals surface area (Å²) in [6.07, 6.45) is 1.65. The predicted octanol–water partition coefficient (Wildman–Crippen LogP) is 5.14. The van der Waals surface area contributed by atoms with Crippen LogP contribution in [0, 0.1) is 0 Å². The van der Waals surface area contributed by atoms with Crippen molar-refractivity contribution in [2.24, 2.45) is 0 Å². The van der Waals surface area contributed by atoms with Crippen molar-refractivity contribution in [2.75, 3.05) is 0 Å². The summed E-state index contributed by atoms with van der Waals surface area (Å²) in [5, 5.41) is 2.64. The summed E-state index contributed by atoms with van der Waals surface area (Å²) in [6, 6.07) is 24.1. The predicted molar refractivity (Wildman–Crippen MR) is 84.3 cm³/mol. The van der Waals surface area contributed by atoms with E-state index in [1.165, 1.54) is 27.5 Å². The summed E-state index contributed by atoms with van der Waals surface area (Å²) < 4.78 is 6.22. The van der Waals surface area contributed by atoms with E-state index in [4.69, 9.17) is 4.74 Å². The van der Waals surface area contributed by atoms with Crippen LogP contribution in [0.3, 0.4) is 0 Å². The zero-order valence-corrected chi connectivity index (χ0v) is 11.7. The van der Waals surface area contributed by atoms with Gasteiger partial charge in [0, 0.05) is 5.92 Å². The maximum atomic E-state index is 6.22. The molecule has 2 bridgehead atoms. The number of ether oxygens (including phenoxy) is 1. The molecule has 0 aromatic heterocycles. The maximum Gasteiger partial charge on any atom is 0.0906 e. The first-order chi connectivity index (χ1) is 10.4. The van der Waals surface area contributed by atoms with Crippen LogP contribution in [0.1, 0.15) is 41.2 Å². The molecule has 21 heavy (non-hydrogen) atoms. The highest BCUT2D eigenvalue weighted by molar-refractivity contribution is 5.83. The lowest BCUT2D eigenvalue weighted by Gasteiger charge is -2.22. The van der Waals surface area contributed by atoms with Crippen molar-refractivity contribution in [3.05, 3.63) is 83.4 Å². The molecule has 5 rings (SSSR count). The van der Waals surface area contributed by atoms with E-state index in [-0.39, 0.29) is 6.10 Å². The van der Waals surface area contributed by atoms with E-state index in [1.54, 1.807) is 0 Å². The molecule has 102 valence electrons. The van der Waals surface area contributed by atoms with Gasteiger partial charge in [-0.3, -0.25) is 0 Å². The lowest BCUT2D eigenvalue weighted by Crippen LogP contribution is -2.09. The van der Waals surface area contributed by atoms with Gasteiger partial charge in [-0.25, -0.2) is 0 Å². The SMILES string of the molecule is c1ccc2c(c1)[C@H]1O[C@@H]2C[C@@H]1c1ccc2ccccc2c1. The summed E-state index contributed by atoms with van der Waals surface area (Å²) >= 11 is 0. The highest BCUT2D eigenvalue weighted by Crippen LogP contribution is 2.57. The lowest BCUT2D eigenvalue weighted by molar-refractivity contribution is 0.0675. The number of rotatable bonds is 1. The van der Waals surface area contributed by atoms with Crippen molar-refractivity contribution in [3.8, 4) is 0 Å². The quantitative estimate of drug-likeness (QED) is 0.596. The van der Waals surface area contributed by atoms with E-state index >= 15 is 0 Å². The molecule has 0 radical (unpaired) electrons. The number of fused-ring (bicyclic) bond motifs is 6. The summed E-state index contributed by atoms with van der Waals surface area (Å²) in [4.78, 5) is 0. The maximum absolute atomic E-state index is 6.22. The Morgan fingerprint density at radius 2 is 1.52 bits per heavy atom. The van der Waals surface area contributed by atoms with Gasteiger partial charge in [-0.05, 0) is 33.9 Å². The van der Waals surface area contributed by atoms with Crippen molar-refractivity contribution in [2.45, 2.75) is 24.5 Å². The van der Waals surface area contributed by atoms with E-state index in [1.807, 2.05) is 0 Å². The molecular weight excluding hydrogens is 256 g/mol. The number of hydrogen-bond acceptors (Lipinski definition) is 1. The van der Waals surface area contributed by atoms with E-state index < -0.39 is 0 Å². The smallest absolute Gasteiger partial charge is 0.0906 e. The van der Waals surface area contributed by atoms with Gasteiger partial charge in [0.2, 0.25) is 0 Å². The molecular formula is C20H16O. The molecule has 3 atom stereocenters. The second-order valence-corrected chi connectivity index (χ2v) is 6.12. The Labute approximate surface area is 124 Å². The van der Waals surface area contributed by atoms with E-state index in [9.17, 15) is 0 Å². The first-order valence-electron chi connectivity index (χ1n) is 7.63. The molecule has 0 saturated carbocycles. The first kappa shape index (κ1) is 11.5. The van der Waals surface area contributed by atoms with E-state index in [2.05, 4.69) is 66.7 Å². The Kier molecular flexibility index (Phi) is 2.30. The largest absolute Gasteiger partial charge is 0.365 e. The average Bonchev–Trinajstić information content (AvgIpc) is 3.14. The molecule has 0 unspecified atom stereocenters. The molecule has 0 N–H and O–H groups in total. The Morgan fingerprint density at radius 3 is 2.43 bits per heavy atom. The van der Waals surface area contributed by atoms with Crippen LogP contribution in [0.2, 0.25) is 0 Å². The minimum atomic E-state index is 0.243. The average molecular weight is 272 g/mol. The van der Waals surface area contributed by atoms with Gasteiger partial charge < -0.3 is 4.74 Å². The fourth-order valence-corrected chi connectivity index (χ4v) is 3.98. The molecule has 0 amide bonds. The fraction of sp³-hybridized carbons (Fsp3) is 0.200. The highest BCUT2D eigenvalue weighted by atomic mass is 16.5. The molecule has 1 saturated heterocycles. The molecule has 0 aliphatic carbocycles. The molecule has 0 spiro atoms. The molecule has 1 nitrogen and oxygen atoms in total. The molecule has 3 aromatic rings. The second kappa shape index (κ2) is 4.19. The van der Waals surface area contributed by atoms with Gasteiger partial charge in [-0.2, -0.15) is 0 Å². The highest BCUT2D eigenvalue weighted by Gasteiger charge is 2.45. The van der Waals surface area contributed by atoms with Gasteiger partial charge in [0.05, 0.1) is 12.2 Å². The third-order valence-electron chi connectivity index (χ3n) is 5.00. The molecule has 1 fully saturated rings. The summed E-state index contributed by atoms with van der Waals surface area (Å²) in [5.74, 6) is 0.495. The minimum absolute atomic E-state index is 0.243. The molecule has 2 aliphatic rings. The van der Waals surface area contributed by atoms with Crippen molar-refractivity contribution in [1.82, 2.24) is 0 Å². The van der Waals surface area contributed by atoms with Crippen LogP contribution in [0.4, 0.5) is 0 Å². The third-order valence-corrected chi connectivity index (χ3v) is 5.00. The van der Waals surface area contributed by atoms with Gasteiger partial charge in [0.15, 0.2) is 0 Å². The topological polar surface area (TPSA) is 9.23 Å². The summed E-state index contributed by atoms with van der Waals surface area (Å²) in [7, 11) is 0.